The van der Waals surface area contributed by atoms with Gasteiger partial charge >= 0.3 is 0 Å². The molecule has 1 saturated carbocycles. The van der Waals surface area contributed by atoms with Crippen LogP contribution in [0, 0.1) is 5.92 Å². The van der Waals surface area contributed by atoms with Crippen molar-refractivity contribution in [2.24, 2.45) is 5.92 Å². The second-order valence-electron chi connectivity index (χ2n) is 4.96. The standard InChI is InChI=1S/C14H20O2/c1-14(15,8-9-16-2)13-10-12(13)11-6-4-3-5-7-11/h3-7,12-13,15H,8-10H2,1-2H3. The number of hydrogen-bond acceptors (Lipinski definition) is 2. The molecule has 3 unspecified atom stereocenters. The molecule has 1 aliphatic rings. The summed E-state index contributed by atoms with van der Waals surface area (Å²) in [6.45, 7) is 2.56. The molecule has 2 heteroatoms. The number of methoxy groups -OCH3 is 1. The Bertz CT molecular complexity index is 332. The van der Waals surface area contributed by atoms with Crippen molar-refractivity contribution in [2.75, 3.05) is 13.7 Å². The lowest BCUT2D eigenvalue weighted by Gasteiger charge is -2.23. The molecule has 1 aliphatic carbocycles. The van der Waals surface area contributed by atoms with Gasteiger partial charge < -0.3 is 9.84 Å². The molecular weight excluding hydrogens is 200 g/mol. The van der Waals surface area contributed by atoms with Crippen LogP contribution in [0.2, 0.25) is 0 Å². The molecule has 2 rings (SSSR count). The minimum absolute atomic E-state index is 0.394. The maximum absolute atomic E-state index is 10.3. The fourth-order valence-electron chi connectivity index (χ4n) is 2.45. The van der Waals surface area contributed by atoms with Crippen LogP contribution in [-0.4, -0.2) is 24.4 Å². The van der Waals surface area contributed by atoms with Gasteiger partial charge in [0.2, 0.25) is 0 Å². The molecule has 1 aromatic carbocycles. The third kappa shape index (κ3) is 2.45. The van der Waals surface area contributed by atoms with Crippen molar-refractivity contribution in [1.82, 2.24) is 0 Å². The topological polar surface area (TPSA) is 29.5 Å². The zero-order valence-electron chi connectivity index (χ0n) is 10.0. The van der Waals surface area contributed by atoms with E-state index in [4.69, 9.17) is 4.74 Å². The molecule has 0 bridgehead atoms. The Labute approximate surface area is 97.3 Å². The highest BCUT2D eigenvalue weighted by molar-refractivity contribution is 5.27. The van der Waals surface area contributed by atoms with Gasteiger partial charge in [-0.05, 0) is 37.2 Å². The Hall–Kier alpha value is -0.860. The Morgan fingerprint density at radius 3 is 2.69 bits per heavy atom. The van der Waals surface area contributed by atoms with Crippen LogP contribution in [0.4, 0.5) is 0 Å². The summed E-state index contributed by atoms with van der Waals surface area (Å²) >= 11 is 0. The van der Waals surface area contributed by atoms with Crippen LogP contribution in [0.5, 0.6) is 0 Å². The summed E-state index contributed by atoms with van der Waals surface area (Å²) in [7, 11) is 1.68. The highest BCUT2D eigenvalue weighted by Gasteiger charge is 2.49. The lowest BCUT2D eigenvalue weighted by Crippen LogP contribution is -2.29. The highest BCUT2D eigenvalue weighted by atomic mass is 16.5. The van der Waals surface area contributed by atoms with Crippen molar-refractivity contribution in [3.8, 4) is 0 Å². The van der Waals surface area contributed by atoms with E-state index in [1.807, 2.05) is 13.0 Å². The maximum Gasteiger partial charge on any atom is 0.0675 e. The van der Waals surface area contributed by atoms with E-state index in [1.54, 1.807) is 7.11 Å². The smallest absolute Gasteiger partial charge is 0.0675 e. The first-order valence-corrected chi connectivity index (χ1v) is 5.91. The van der Waals surface area contributed by atoms with Gasteiger partial charge in [-0.1, -0.05) is 30.3 Å². The van der Waals surface area contributed by atoms with E-state index in [1.165, 1.54) is 5.56 Å². The van der Waals surface area contributed by atoms with Gasteiger partial charge in [0.1, 0.15) is 0 Å². The molecule has 1 aromatic rings. The molecule has 0 aromatic heterocycles. The van der Waals surface area contributed by atoms with Crippen LogP contribution in [0.15, 0.2) is 30.3 Å². The van der Waals surface area contributed by atoms with Crippen molar-refractivity contribution in [2.45, 2.75) is 31.3 Å². The molecule has 0 saturated heterocycles. The Morgan fingerprint density at radius 1 is 1.38 bits per heavy atom. The van der Waals surface area contributed by atoms with E-state index in [2.05, 4.69) is 24.3 Å². The Kier molecular flexibility index (Phi) is 3.31. The van der Waals surface area contributed by atoms with E-state index in [-0.39, 0.29) is 0 Å². The van der Waals surface area contributed by atoms with E-state index in [0.717, 1.165) is 12.8 Å². The third-order valence-electron chi connectivity index (χ3n) is 3.63. The van der Waals surface area contributed by atoms with Gasteiger partial charge in [-0.2, -0.15) is 0 Å². The van der Waals surface area contributed by atoms with E-state index in [0.29, 0.717) is 18.4 Å². The zero-order valence-corrected chi connectivity index (χ0v) is 10.0. The van der Waals surface area contributed by atoms with Crippen molar-refractivity contribution in [3.05, 3.63) is 35.9 Å². The minimum atomic E-state index is -0.587. The van der Waals surface area contributed by atoms with Crippen molar-refractivity contribution >= 4 is 0 Å². The molecule has 88 valence electrons. The Morgan fingerprint density at radius 2 is 2.06 bits per heavy atom. The molecule has 0 spiro atoms. The van der Waals surface area contributed by atoms with Crippen molar-refractivity contribution in [3.63, 3.8) is 0 Å². The molecule has 0 aliphatic heterocycles. The fraction of sp³-hybridized carbons (Fsp3) is 0.571. The van der Waals surface area contributed by atoms with Crippen LogP contribution in [0.1, 0.15) is 31.2 Å². The normalized spacial score (nSPS) is 27.4. The predicted octanol–water partition coefficient (Wildman–Crippen LogP) is 2.58. The van der Waals surface area contributed by atoms with Gasteiger partial charge in [0.05, 0.1) is 5.60 Å². The minimum Gasteiger partial charge on any atom is -0.390 e. The second-order valence-corrected chi connectivity index (χ2v) is 4.96. The average molecular weight is 220 g/mol. The molecule has 1 fully saturated rings. The number of aliphatic hydroxyl groups is 1. The predicted molar refractivity (Wildman–Crippen MR) is 64.4 cm³/mol. The molecule has 0 amide bonds. The van der Waals surface area contributed by atoms with E-state index in [9.17, 15) is 5.11 Å². The first-order chi connectivity index (χ1) is 7.65. The van der Waals surface area contributed by atoms with Gasteiger partial charge in [-0.3, -0.25) is 0 Å². The lowest BCUT2D eigenvalue weighted by molar-refractivity contribution is 0.00377. The maximum atomic E-state index is 10.3. The highest BCUT2D eigenvalue weighted by Crippen LogP contribution is 2.54. The quantitative estimate of drug-likeness (QED) is 0.826. The molecule has 0 radical (unpaired) electrons. The van der Waals surface area contributed by atoms with Crippen molar-refractivity contribution in [1.29, 1.82) is 0 Å². The third-order valence-corrected chi connectivity index (χ3v) is 3.63. The van der Waals surface area contributed by atoms with Gasteiger partial charge in [0, 0.05) is 13.7 Å². The van der Waals surface area contributed by atoms with E-state index >= 15 is 0 Å². The monoisotopic (exact) mass is 220 g/mol. The average Bonchev–Trinajstić information content (AvgIpc) is 3.08. The van der Waals surface area contributed by atoms with Crippen LogP contribution in [-0.2, 0) is 4.74 Å². The molecular formula is C14H20O2. The SMILES string of the molecule is COCCC(C)(O)C1CC1c1ccccc1. The largest absolute Gasteiger partial charge is 0.390 e. The second kappa shape index (κ2) is 4.56. The summed E-state index contributed by atoms with van der Waals surface area (Å²) in [5, 5.41) is 10.3. The summed E-state index contributed by atoms with van der Waals surface area (Å²) in [5.41, 5.74) is 0.765. The first-order valence-electron chi connectivity index (χ1n) is 5.91. The first kappa shape index (κ1) is 11.6. The lowest BCUT2D eigenvalue weighted by atomic mass is 9.93. The van der Waals surface area contributed by atoms with E-state index < -0.39 is 5.60 Å². The number of hydrogen-bond donors (Lipinski definition) is 1. The molecule has 1 N–H and O–H groups in total. The van der Waals surface area contributed by atoms with Gasteiger partial charge in [-0.15, -0.1) is 0 Å². The number of rotatable bonds is 5. The molecule has 2 nitrogen and oxygen atoms in total. The van der Waals surface area contributed by atoms with Crippen LogP contribution in [0.3, 0.4) is 0 Å². The molecule has 0 heterocycles. The summed E-state index contributed by atoms with van der Waals surface area (Å²) in [6, 6.07) is 10.5. The van der Waals surface area contributed by atoms with Crippen molar-refractivity contribution < 1.29 is 9.84 Å². The fourth-order valence-corrected chi connectivity index (χ4v) is 2.45. The van der Waals surface area contributed by atoms with Crippen LogP contribution < -0.4 is 0 Å². The summed E-state index contributed by atoms with van der Waals surface area (Å²) < 4.78 is 5.04. The van der Waals surface area contributed by atoms with Gasteiger partial charge in [0.25, 0.3) is 0 Å². The Balaban J connectivity index is 1.95. The summed E-state index contributed by atoms with van der Waals surface area (Å²) in [5.74, 6) is 0.929. The summed E-state index contributed by atoms with van der Waals surface area (Å²) in [4.78, 5) is 0. The number of ether oxygens (including phenoxy) is 1. The van der Waals surface area contributed by atoms with Gasteiger partial charge in [-0.25, -0.2) is 0 Å². The molecule has 3 atom stereocenters. The molecule has 16 heavy (non-hydrogen) atoms. The zero-order chi connectivity index (χ0) is 11.6. The van der Waals surface area contributed by atoms with Crippen LogP contribution >= 0.6 is 0 Å². The summed E-state index contributed by atoms with van der Waals surface area (Å²) in [6.07, 6.45) is 1.82. The number of benzene rings is 1. The van der Waals surface area contributed by atoms with Gasteiger partial charge in [0.15, 0.2) is 0 Å². The van der Waals surface area contributed by atoms with Crippen LogP contribution in [0.25, 0.3) is 0 Å².